The fourth-order valence-electron chi connectivity index (χ4n) is 2.32. The summed E-state index contributed by atoms with van der Waals surface area (Å²) in [4.78, 5) is 0. The molecule has 1 N–H and O–H groups in total. The molecule has 100 valence electrons. The Bertz CT molecular complexity index is 226. The van der Waals surface area contributed by atoms with Crippen LogP contribution >= 0.6 is 0 Å². The predicted molar refractivity (Wildman–Crippen MR) is 69.2 cm³/mol. The van der Waals surface area contributed by atoms with Crippen LogP contribution in [0.15, 0.2) is 0 Å². The van der Waals surface area contributed by atoms with Gasteiger partial charge in [-0.3, -0.25) is 0 Å². The van der Waals surface area contributed by atoms with E-state index in [4.69, 9.17) is 9.47 Å². The topological polar surface area (TPSA) is 30.5 Å². The minimum Gasteiger partial charge on any atom is -0.381 e. The van der Waals surface area contributed by atoms with E-state index < -0.39 is 0 Å². The van der Waals surface area contributed by atoms with Crippen molar-refractivity contribution < 1.29 is 9.47 Å². The molecule has 1 aliphatic heterocycles. The average Bonchev–Trinajstić information content (AvgIpc) is 3.02. The summed E-state index contributed by atoms with van der Waals surface area (Å²) in [6.45, 7) is 8.29. The molecule has 1 aliphatic carbocycles. The summed E-state index contributed by atoms with van der Waals surface area (Å²) in [7, 11) is 0. The minimum atomic E-state index is 0.0969. The molecule has 1 atom stereocenters. The smallest absolute Gasteiger partial charge is 0.0707 e. The molecular weight excluding hydrogens is 214 g/mol. The van der Waals surface area contributed by atoms with Crippen molar-refractivity contribution in [2.24, 2.45) is 5.92 Å². The molecule has 0 aromatic rings. The first-order chi connectivity index (χ1) is 8.16. The molecule has 0 amide bonds. The number of hydrogen-bond acceptors (Lipinski definition) is 3. The zero-order valence-corrected chi connectivity index (χ0v) is 11.3. The quantitative estimate of drug-likeness (QED) is 0.662. The van der Waals surface area contributed by atoms with E-state index in [0.29, 0.717) is 6.10 Å². The van der Waals surface area contributed by atoms with Crippen molar-refractivity contribution in [1.82, 2.24) is 5.32 Å². The predicted octanol–water partition coefficient (Wildman–Crippen LogP) is 2.35. The minimum absolute atomic E-state index is 0.0969. The van der Waals surface area contributed by atoms with Crippen LogP contribution in [-0.2, 0) is 9.47 Å². The van der Waals surface area contributed by atoms with Gasteiger partial charge in [0.1, 0.15) is 0 Å². The van der Waals surface area contributed by atoms with E-state index in [2.05, 4.69) is 19.2 Å². The van der Waals surface area contributed by atoms with E-state index in [1.165, 1.54) is 25.7 Å². The lowest BCUT2D eigenvalue weighted by atomic mass is 10.1. The number of rotatable bonds is 8. The Labute approximate surface area is 105 Å². The molecule has 3 heteroatoms. The van der Waals surface area contributed by atoms with Gasteiger partial charge >= 0.3 is 0 Å². The Morgan fingerprint density at radius 2 is 2.12 bits per heavy atom. The van der Waals surface area contributed by atoms with Gasteiger partial charge in [0, 0.05) is 19.8 Å². The Kier molecular flexibility index (Phi) is 4.83. The molecule has 1 saturated heterocycles. The highest BCUT2D eigenvalue weighted by molar-refractivity contribution is 4.81. The molecule has 3 nitrogen and oxygen atoms in total. The van der Waals surface area contributed by atoms with Crippen LogP contribution < -0.4 is 5.32 Å². The summed E-state index contributed by atoms with van der Waals surface area (Å²) in [6.07, 6.45) is 6.67. The van der Waals surface area contributed by atoms with E-state index in [0.717, 1.165) is 38.6 Å². The van der Waals surface area contributed by atoms with Crippen molar-refractivity contribution in [2.45, 2.75) is 57.7 Å². The average molecular weight is 241 g/mol. The van der Waals surface area contributed by atoms with E-state index in [1.54, 1.807) is 0 Å². The maximum atomic E-state index is 5.92. The van der Waals surface area contributed by atoms with Crippen molar-refractivity contribution in [2.75, 3.05) is 26.3 Å². The van der Waals surface area contributed by atoms with Crippen molar-refractivity contribution in [3.05, 3.63) is 0 Å². The number of ether oxygens (including phenoxy) is 2. The van der Waals surface area contributed by atoms with Gasteiger partial charge in [-0.1, -0.05) is 0 Å². The Balaban J connectivity index is 1.38. The normalized spacial score (nSPS) is 27.5. The Hall–Kier alpha value is -0.120. The highest BCUT2D eigenvalue weighted by Crippen LogP contribution is 2.29. The Morgan fingerprint density at radius 1 is 1.29 bits per heavy atom. The van der Waals surface area contributed by atoms with Gasteiger partial charge < -0.3 is 14.8 Å². The SMILES string of the molecule is CC1(C)CCC(CNCCCOCC2CC2)O1. The first-order valence-corrected chi connectivity index (χ1v) is 7.12. The fraction of sp³-hybridized carbons (Fsp3) is 1.00. The molecule has 2 rings (SSSR count). The molecule has 17 heavy (non-hydrogen) atoms. The van der Waals surface area contributed by atoms with Gasteiger partial charge in [-0.15, -0.1) is 0 Å². The summed E-state index contributed by atoms with van der Waals surface area (Å²) in [5.74, 6) is 0.886. The lowest BCUT2D eigenvalue weighted by Crippen LogP contribution is -2.30. The van der Waals surface area contributed by atoms with Crippen LogP contribution in [0.2, 0.25) is 0 Å². The van der Waals surface area contributed by atoms with Gasteiger partial charge in [-0.05, 0) is 58.4 Å². The van der Waals surface area contributed by atoms with E-state index in [-0.39, 0.29) is 5.60 Å². The molecular formula is C14H27NO2. The number of hydrogen-bond donors (Lipinski definition) is 1. The molecule has 1 unspecified atom stereocenters. The van der Waals surface area contributed by atoms with E-state index in [1.807, 2.05) is 0 Å². The lowest BCUT2D eigenvalue weighted by Gasteiger charge is -2.19. The lowest BCUT2D eigenvalue weighted by molar-refractivity contribution is -0.0143. The molecule has 0 bridgehead atoms. The van der Waals surface area contributed by atoms with Gasteiger partial charge in [0.05, 0.1) is 11.7 Å². The van der Waals surface area contributed by atoms with E-state index >= 15 is 0 Å². The molecule has 1 heterocycles. The number of nitrogens with one attached hydrogen (secondary N) is 1. The first kappa shape index (κ1) is 13.3. The zero-order chi connectivity index (χ0) is 12.1. The molecule has 2 fully saturated rings. The maximum Gasteiger partial charge on any atom is 0.0707 e. The third-order valence-electron chi connectivity index (χ3n) is 3.62. The standard InChI is InChI=1S/C14H27NO2/c1-14(2)7-6-13(17-14)10-15-8-3-9-16-11-12-4-5-12/h12-13,15H,3-11H2,1-2H3. The van der Waals surface area contributed by atoms with Gasteiger partial charge in [0.15, 0.2) is 0 Å². The van der Waals surface area contributed by atoms with Crippen LogP contribution in [0, 0.1) is 5.92 Å². The molecule has 0 aromatic heterocycles. The van der Waals surface area contributed by atoms with Crippen LogP contribution in [0.4, 0.5) is 0 Å². The van der Waals surface area contributed by atoms with Crippen LogP contribution in [-0.4, -0.2) is 38.0 Å². The maximum absolute atomic E-state index is 5.92. The van der Waals surface area contributed by atoms with Crippen molar-refractivity contribution in [1.29, 1.82) is 0 Å². The molecule has 1 saturated carbocycles. The second-order valence-corrected chi connectivity index (χ2v) is 6.11. The van der Waals surface area contributed by atoms with E-state index in [9.17, 15) is 0 Å². The van der Waals surface area contributed by atoms with Crippen molar-refractivity contribution >= 4 is 0 Å². The van der Waals surface area contributed by atoms with Gasteiger partial charge in [-0.2, -0.15) is 0 Å². The largest absolute Gasteiger partial charge is 0.381 e. The second kappa shape index (κ2) is 6.17. The van der Waals surface area contributed by atoms with Gasteiger partial charge in [0.2, 0.25) is 0 Å². The van der Waals surface area contributed by atoms with Crippen LogP contribution in [0.5, 0.6) is 0 Å². The van der Waals surface area contributed by atoms with Crippen LogP contribution in [0.1, 0.15) is 46.0 Å². The van der Waals surface area contributed by atoms with Crippen LogP contribution in [0.25, 0.3) is 0 Å². The van der Waals surface area contributed by atoms with Crippen LogP contribution in [0.3, 0.4) is 0 Å². The second-order valence-electron chi connectivity index (χ2n) is 6.11. The fourth-order valence-corrected chi connectivity index (χ4v) is 2.32. The highest BCUT2D eigenvalue weighted by Gasteiger charge is 2.30. The molecule has 0 radical (unpaired) electrons. The summed E-state index contributed by atoms with van der Waals surface area (Å²) >= 11 is 0. The zero-order valence-electron chi connectivity index (χ0n) is 11.3. The van der Waals surface area contributed by atoms with Gasteiger partial charge in [-0.25, -0.2) is 0 Å². The molecule has 2 aliphatic rings. The summed E-state index contributed by atoms with van der Waals surface area (Å²) in [5, 5.41) is 3.46. The van der Waals surface area contributed by atoms with Crippen molar-refractivity contribution in [3.8, 4) is 0 Å². The molecule has 0 spiro atoms. The van der Waals surface area contributed by atoms with Crippen molar-refractivity contribution in [3.63, 3.8) is 0 Å². The third-order valence-corrected chi connectivity index (χ3v) is 3.62. The summed E-state index contributed by atoms with van der Waals surface area (Å²) < 4.78 is 11.5. The monoisotopic (exact) mass is 241 g/mol. The highest BCUT2D eigenvalue weighted by atomic mass is 16.5. The first-order valence-electron chi connectivity index (χ1n) is 7.12. The summed E-state index contributed by atoms with van der Waals surface area (Å²) in [6, 6.07) is 0. The van der Waals surface area contributed by atoms with Gasteiger partial charge in [0.25, 0.3) is 0 Å². The third kappa shape index (κ3) is 5.36. The molecule has 0 aromatic carbocycles. The summed E-state index contributed by atoms with van der Waals surface area (Å²) in [5.41, 5.74) is 0.0969. The Morgan fingerprint density at radius 3 is 2.76 bits per heavy atom.